The topological polar surface area (TPSA) is 38.1 Å². The van der Waals surface area contributed by atoms with E-state index in [-0.39, 0.29) is 11.6 Å². The van der Waals surface area contributed by atoms with Crippen LogP contribution in [0.25, 0.3) is 0 Å². The van der Waals surface area contributed by atoms with Gasteiger partial charge in [0.25, 0.3) is 5.56 Å². The Bertz CT molecular complexity index is 930. The molecular formula is C21H24F3N3O. The van der Waals surface area contributed by atoms with Crippen molar-refractivity contribution in [1.82, 2.24) is 14.5 Å². The monoisotopic (exact) mass is 391 g/mol. The molecule has 1 saturated carbocycles. The molecule has 7 heteroatoms. The zero-order valence-corrected chi connectivity index (χ0v) is 16.1. The van der Waals surface area contributed by atoms with E-state index in [9.17, 15) is 18.0 Å². The Hall–Kier alpha value is -2.15. The average Bonchev–Trinajstić information content (AvgIpc) is 3.45. The van der Waals surface area contributed by atoms with E-state index in [4.69, 9.17) is 0 Å². The van der Waals surface area contributed by atoms with E-state index < -0.39 is 11.7 Å². The lowest BCUT2D eigenvalue weighted by Gasteiger charge is -2.29. The second-order valence-electron chi connectivity index (χ2n) is 7.98. The van der Waals surface area contributed by atoms with Gasteiger partial charge in [0, 0.05) is 26.1 Å². The van der Waals surface area contributed by atoms with Crippen molar-refractivity contribution in [3.8, 4) is 0 Å². The summed E-state index contributed by atoms with van der Waals surface area (Å²) in [5.41, 5.74) is 1.49. The lowest BCUT2D eigenvalue weighted by molar-refractivity contribution is -0.137. The summed E-state index contributed by atoms with van der Waals surface area (Å²) < 4.78 is 40.1. The number of halogens is 3. The molecule has 0 radical (unpaired) electrons. The van der Waals surface area contributed by atoms with Crippen LogP contribution in [-0.4, -0.2) is 27.5 Å². The quantitative estimate of drug-likeness (QED) is 0.792. The SMILES string of the molecule is Cc1nc2c(c(=O)n1C(C)c1ccc(C(F)(F)F)cc1)CN(CC1CC1)CC2. The molecule has 28 heavy (non-hydrogen) atoms. The number of fused-ring (bicyclic) bond motifs is 1. The highest BCUT2D eigenvalue weighted by molar-refractivity contribution is 5.29. The first kappa shape index (κ1) is 19.2. The number of alkyl halides is 3. The van der Waals surface area contributed by atoms with Gasteiger partial charge in [-0.3, -0.25) is 14.3 Å². The highest BCUT2D eigenvalue weighted by Gasteiger charge is 2.31. The van der Waals surface area contributed by atoms with Crippen molar-refractivity contribution in [2.45, 2.75) is 51.9 Å². The van der Waals surface area contributed by atoms with Crippen LogP contribution in [0.2, 0.25) is 0 Å². The van der Waals surface area contributed by atoms with Crippen molar-refractivity contribution in [2.24, 2.45) is 5.92 Å². The molecule has 0 spiro atoms. The van der Waals surface area contributed by atoms with Crippen LogP contribution in [0.15, 0.2) is 29.1 Å². The molecule has 0 bridgehead atoms. The Labute approximate surface area is 162 Å². The standard InChI is InChI=1S/C21H24F3N3O/c1-13(16-5-7-17(8-6-16)21(22,23)24)27-14(2)25-19-9-10-26(11-15-3-4-15)12-18(19)20(27)28/h5-8,13,15H,3-4,9-12H2,1-2H3. The van der Waals surface area contributed by atoms with E-state index in [0.29, 0.717) is 17.9 Å². The minimum Gasteiger partial charge on any atom is -0.298 e. The van der Waals surface area contributed by atoms with Gasteiger partial charge in [-0.15, -0.1) is 0 Å². The van der Waals surface area contributed by atoms with E-state index in [0.717, 1.165) is 48.8 Å². The number of nitrogens with zero attached hydrogens (tertiary/aromatic N) is 3. The molecule has 1 aliphatic carbocycles. The predicted molar refractivity (Wildman–Crippen MR) is 100 cm³/mol. The van der Waals surface area contributed by atoms with E-state index in [1.54, 1.807) is 11.5 Å². The van der Waals surface area contributed by atoms with Crippen LogP contribution in [-0.2, 0) is 19.1 Å². The summed E-state index contributed by atoms with van der Waals surface area (Å²) in [7, 11) is 0. The molecule has 150 valence electrons. The first-order chi connectivity index (χ1) is 13.2. The number of aryl methyl sites for hydroxylation is 1. The summed E-state index contributed by atoms with van der Waals surface area (Å²) in [4.78, 5) is 20.2. The normalized spacial score (nSPS) is 18.8. The molecule has 2 aromatic rings. The fraction of sp³-hybridized carbons (Fsp3) is 0.524. The number of hydrogen-bond acceptors (Lipinski definition) is 3. The van der Waals surface area contributed by atoms with Crippen LogP contribution in [0.5, 0.6) is 0 Å². The van der Waals surface area contributed by atoms with Crippen LogP contribution in [0.4, 0.5) is 13.2 Å². The zero-order valence-electron chi connectivity index (χ0n) is 16.1. The molecule has 1 aliphatic heterocycles. The number of rotatable bonds is 4. The molecule has 0 N–H and O–H groups in total. The van der Waals surface area contributed by atoms with Gasteiger partial charge in [-0.25, -0.2) is 4.98 Å². The van der Waals surface area contributed by atoms with Crippen molar-refractivity contribution in [3.05, 3.63) is 62.8 Å². The van der Waals surface area contributed by atoms with Gasteiger partial charge in [-0.05, 0) is 50.3 Å². The molecule has 4 nitrogen and oxygen atoms in total. The molecule has 1 unspecified atom stereocenters. The van der Waals surface area contributed by atoms with Crippen molar-refractivity contribution in [2.75, 3.05) is 13.1 Å². The number of benzene rings is 1. The third kappa shape index (κ3) is 3.72. The van der Waals surface area contributed by atoms with Crippen LogP contribution >= 0.6 is 0 Å². The summed E-state index contributed by atoms with van der Waals surface area (Å²) >= 11 is 0. The van der Waals surface area contributed by atoms with Gasteiger partial charge in [0.1, 0.15) is 5.82 Å². The molecular weight excluding hydrogens is 367 g/mol. The molecule has 1 atom stereocenters. The summed E-state index contributed by atoms with van der Waals surface area (Å²) in [6.07, 6.45) is -1.06. The summed E-state index contributed by atoms with van der Waals surface area (Å²) in [5, 5.41) is 0. The Kier molecular flexibility index (Phi) is 4.81. The Morgan fingerprint density at radius 3 is 2.50 bits per heavy atom. The van der Waals surface area contributed by atoms with Gasteiger partial charge in [0.15, 0.2) is 0 Å². The van der Waals surface area contributed by atoms with Crippen LogP contribution in [0, 0.1) is 12.8 Å². The maximum atomic E-state index is 13.2. The first-order valence-corrected chi connectivity index (χ1v) is 9.74. The van der Waals surface area contributed by atoms with E-state index >= 15 is 0 Å². The molecule has 0 amide bonds. The van der Waals surface area contributed by atoms with Crippen molar-refractivity contribution >= 4 is 0 Å². The molecule has 0 saturated heterocycles. The number of aromatic nitrogens is 2. The lowest BCUT2D eigenvalue weighted by Crippen LogP contribution is -2.40. The molecule has 2 heterocycles. The van der Waals surface area contributed by atoms with E-state index in [1.807, 2.05) is 6.92 Å². The molecule has 1 aromatic carbocycles. The van der Waals surface area contributed by atoms with E-state index in [1.165, 1.54) is 25.0 Å². The smallest absolute Gasteiger partial charge is 0.298 e. The summed E-state index contributed by atoms with van der Waals surface area (Å²) in [6, 6.07) is 4.63. The molecule has 1 aromatic heterocycles. The van der Waals surface area contributed by atoms with E-state index in [2.05, 4.69) is 9.88 Å². The highest BCUT2D eigenvalue weighted by Crippen LogP contribution is 2.32. The van der Waals surface area contributed by atoms with Gasteiger partial charge >= 0.3 is 6.18 Å². The second-order valence-corrected chi connectivity index (χ2v) is 7.98. The van der Waals surface area contributed by atoms with Crippen LogP contribution in [0.3, 0.4) is 0 Å². The third-order valence-electron chi connectivity index (χ3n) is 5.84. The Balaban J connectivity index is 1.65. The highest BCUT2D eigenvalue weighted by atomic mass is 19.4. The Morgan fingerprint density at radius 2 is 1.89 bits per heavy atom. The van der Waals surface area contributed by atoms with Gasteiger partial charge in [0.2, 0.25) is 0 Å². The Morgan fingerprint density at radius 1 is 1.21 bits per heavy atom. The second kappa shape index (κ2) is 7.03. The number of hydrogen-bond donors (Lipinski definition) is 0. The third-order valence-corrected chi connectivity index (χ3v) is 5.84. The summed E-state index contributed by atoms with van der Waals surface area (Å²) in [6.45, 7) is 6.18. The van der Waals surface area contributed by atoms with Crippen molar-refractivity contribution in [1.29, 1.82) is 0 Å². The largest absolute Gasteiger partial charge is 0.416 e. The minimum atomic E-state index is -4.37. The maximum Gasteiger partial charge on any atom is 0.416 e. The fourth-order valence-corrected chi connectivity index (χ4v) is 4.04. The first-order valence-electron chi connectivity index (χ1n) is 9.74. The molecule has 4 rings (SSSR count). The fourth-order valence-electron chi connectivity index (χ4n) is 4.04. The van der Waals surface area contributed by atoms with Crippen molar-refractivity contribution < 1.29 is 13.2 Å². The minimum absolute atomic E-state index is 0.0737. The zero-order chi connectivity index (χ0) is 20.1. The van der Waals surface area contributed by atoms with Gasteiger partial charge in [0.05, 0.1) is 22.9 Å². The van der Waals surface area contributed by atoms with Gasteiger partial charge < -0.3 is 0 Å². The van der Waals surface area contributed by atoms with Crippen LogP contribution in [0.1, 0.15) is 54.0 Å². The molecule has 2 aliphatic rings. The van der Waals surface area contributed by atoms with Gasteiger partial charge in [-0.2, -0.15) is 13.2 Å². The summed E-state index contributed by atoms with van der Waals surface area (Å²) in [5.74, 6) is 1.36. The van der Waals surface area contributed by atoms with Gasteiger partial charge in [-0.1, -0.05) is 12.1 Å². The predicted octanol–water partition coefficient (Wildman–Crippen LogP) is 3.95. The lowest BCUT2D eigenvalue weighted by atomic mass is 10.0. The van der Waals surface area contributed by atoms with Crippen LogP contribution < -0.4 is 5.56 Å². The molecule has 1 fully saturated rings. The van der Waals surface area contributed by atoms with Crippen molar-refractivity contribution in [3.63, 3.8) is 0 Å². The average molecular weight is 391 g/mol. The maximum absolute atomic E-state index is 13.2.